The van der Waals surface area contributed by atoms with Crippen molar-refractivity contribution in [3.8, 4) is 0 Å². The molecule has 246 valence electrons. The smallest absolute Gasteiger partial charge is 0.257 e. The van der Waals surface area contributed by atoms with Crippen molar-refractivity contribution in [3.05, 3.63) is 82.0 Å². The average Bonchev–Trinajstić information content (AvgIpc) is 3.67. The van der Waals surface area contributed by atoms with Crippen molar-refractivity contribution in [2.45, 2.75) is 105 Å². The van der Waals surface area contributed by atoms with Gasteiger partial charge in [0.2, 0.25) is 5.91 Å². The number of hydrogen-bond acceptors (Lipinski definition) is 6. The molecule has 1 aliphatic carbocycles. The zero-order valence-electron chi connectivity index (χ0n) is 28.6. The lowest BCUT2D eigenvalue weighted by molar-refractivity contribution is -0.121. The molecule has 8 nitrogen and oxygen atoms in total. The second-order valence-electron chi connectivity index (χ2n) is 12.9. The molecule has 1 aromatic heterocycles. The number of aryl methyl sites for hydroxylation is 1. The molecule has 2 aliphatic heterocycles. The van der Waals surface area contributed by atoms with Gasteiger partial charge in [0.1, 0.15) is 0 Å². The third kappa shape index (κ3) is 9.55. The number of unbranched alkanes of at least 4 members (excludes halogenated alkanes) is 1. The largest absolute Gasteiger partial charge is 0.325 e. The number of fused-ring (bicyclic) bond motifs is 2. The minimum atomic E-state index is -0.273. The van der Waals surface area contributed by atoms with E-state index in [1.807, 2.05) is 45.2 Å². The van der Waals surface area contributed by atoms with Crippen LogP contribution in [0.25, 0.3) is 5.70 Å². The Bertz CT molecular complexity index is 1470. The van der Waals surface area contributed by atoms with Gasteiger partial charge in [-0.2, -0.15) is 0 Å². The maximum Gasteiger partial charge on any atom is 0.257 e. The molecule has 2 N–H and O–H groups in total. The first-order chi connectivity index (χ1) is 22.2. The Kier molecular flexibility index (Phi) is 13.0. The highest BCUT2D eigenvalue weighted by Gasteiger charge is 2.38. The summed E-state index contributed by atoms with van der Waals surface area (Å²) in [5.74, 6) is 0.436. The first kappa shape index (κ1) is 35.0. The fourth-order valence-corrected chi connectivity index (χ4v) is 6.30. The molecule has 4 rings (SSSR count). The Balaban J connectivity index is 1.56. The van der Waals surface area contributed by atoms with Crippen LogP contribution in [0.4, 0.5) is 0 Å². The molecular formula is C38H52N6O2. The number of aromatic nitrogens is 1. The van der Waals surface area contributed by atoms with Crippen LogP contribution in [0.1, 0.15) is 97.6 Å². The molecule has 1 saturated carbocycles. The highest BCUT2D eigenvalue weighted by atomic mass is 16.2. The van der Waals surface area contributed by atoms with E-state index in [2.05, 4.69) is 53.4 Å². The maximum atomic E-state index is 13.8. The van der Waals surface area contributed by atoms with Gasteiger partial charge in [-0.05, 0) is 101 Å². The Morgan fingerprint density at radius 2 is 1.91 bits per heavy atom. The summed E-state index contributed by atoms with van der Waals surface area (Å²) in [6.45, 7) is 13.5. The summed E-state index contributed by atoms with van der Waals surface area (Å²) in [6.07, 6.45) is 23.3. The van der Waals surface area contributed by atoms with Crippen molar-refractivity contribution in [2.24, 2.45) is 15.9 Å². The van der Waals surface area contributed by atoms with Gasteiger partial charge in [-0.15, -0.1) is 0 Å². The van der Waals surface area contributed by atoms with Gasteiger partial charge < -0.3 is 10.6 Å². The van der Waals surface area contributed by atoms with Crippen molar-refractivity contribution in [2.75, 3.05) is 13.1 Å². The van der Waals surface area contributed by atoms with E-state index < -0.39 is 0 Å². The van der Waals surface area contributed by atoms with Gasteiger partial charge in [-0.25, -0.2) is 0 Å². The van der Waals surface area contributed by atoms with E-state index in [1.165, 1.54) is 19.3 Å². The first-order valence-electron chi connectivity index (χ1n) is 17.1. The van der Waals surface area contributed by atoms with E-state index >= 15 is 0 Å². The number of amides is 2. The van der Waals surface area contributed by atoms with Gasteiger partial charge in [-0.1, -0.05) is 45.3 Å². The van der Waals surface area contributed by atoms with Crippen LogP contribution in [0.3, 0.4) is 0 Å². The fraction of sp³-hybridized carbons (Fsp3) is 0.500. The lowest BCUT2D eigenvalue weighted by atomic mass is 10.0. The zero-order chi connectivity index (χ0) is 33.1. The van der Waals surface area contributed by atoms with Gasteiger partial charge in [0.25, 0.3) is 5.91 Å². The third-order valence-corrected chi connectivity index (χ3v) is 8.92. The molecule has 0 aromatic carbocycles. The Morgan fingerprint density at radius 1 is 1.09 bits per heavy atom. The van der Waals surface area contributed by atoms with Gasteiger partial charge in [0, 0.05) is 54.4 Å². The van der Waals surface area contributed by atoms with Gasteiger partial charge >= 0.3 is 0 Å². The van der Waals surface area contributed by atoms with Crippen LogP contribution in [0.15, 0.2) is 80.9 Å². The summed E-state index contributed by atoms with van der Waals surface area (Å²) in [6, 6.07) is 2.40. The minimum Gasteiger partial charge on any atom is -0.325 e. The number of piperidine rings is 1. The van der Waals surface area contributed by atoms with Crippen LogP contribution in [0.5, 0.6) is 0 Å². The number of hydrogen-bond donors (Lipinski definition) is 2. The topological polar surface area (TPSA) is 99.0 Å². The number of aliphatic imine (C=N–C) groups is 2. The number of pyridine rings is 1. The number of allylic oxidation sites excluding steroid dienone is 5. The quantitative estimate of drug-likeness (QED) is 0.234. The number of nitrogens with one attached hydrogen (secondary N) is 2. The molecule has 2 amide bonds. The zero-order valence-corrected chi connectivity index (χ0v) is 28.6. The Hall–Kier alpha value is -3.91. The van der Waals surface area contributed by atoms with Crippen LogP contribution in [0.2, 0.25) is 0 Å². The lowest BCUT2D eigenvalue weighted by Gasteiger charge is -2.26. The van der Waals surface area contributed by atoms with Crippen molar-refractivity contribution >= 4 is 29.9 Å². The predicted octanol–water partition coefficient (Wildman–Crippen LogP) is 6.88. The van der Waals surface area contributed by atoms with E-state index in [4.69, 9.17) is 9.98 Å². The normalized spacial score (nSPS) is 25.0. The molecule has 2 fully saturated rings. The summed E-state index contributed by atoms with van der Waals surface area (Å²) in [5, 5.41) is 6.23. The summed E-state index contributed by atoms with van der Waals surface area (Å²) in [4.78, 5) is 43.3. The third-order valence-electron chi connectivity index (χ3n) is 8.92. The van der Waals surface area contributed by atoms with Gasteiger partial charge in [0.15, 0.2) is 0 Å². The van der Waals surface area contributed by atoms with Crippen LogP contribution in [-0.4, -0.2) is 59.3 Å². The van der Waals surface area contributed by atoms with Gasteiger partial charge in [0.05, 0.1) is 23.9 Å². The van der Waals surface area contributed by atoms with E-state index in [9.17, 15) is 9.59 Å². The van der Waals surface area contributed by atoms with Crippen LogP contribution >= 0.6 is 0 Å². The molecular weight excluding hydrogens is 572 g/mol. The fourth-order valence-electron chi connectivity index (χ4n) is 6.30. The molecule has 2 bridgehead atoms. The molecule has 1 aromatic rings. The monoisotopic (exact) mass is 624 g/mol. The van der Waals surface area contributed by atoms with E-state index in [-0.39, 0.29) is 17.9 Å². The predicted molar refractivity (Wildman–Crippen MR) is 189 cm³/mol. The number of carbonyl (C=O) groups is 2. The molecule has 2 unspecified atom stereocenters. The van der Waals surface area contributed by atoms with E-state index in [0.29, 0.717) is 35.1 Å². The maximum absolute atomic E-state index is 13.8. The second kappa shape index (κ2) is 17.1. The number of carbonyl (C=O) groups excluding carboxylic acids is 2. The van der Waals surface area contributed by atoms with Gasteiger partial charge in [-0.3, -0.25) is 29.5 Å². The molecule has 3 atom stereocenters. The molecule has 3 aliphatic rings. The van der Waals surface area contributed by atoms with Crippen molar-refractivity contribution in [3.63, 3.8) is 0 Å². The van der Waals surface area contributed by atoms with Crippen molar-refractivity contribution < 1.29 is 9.59 Å². The van der Waals surface area contributed by atoms with Crippen molar-refractivity contribution in [1.82, 2.24) is 20.5 Å². The van der Waals surface area contributed by atoms with Crippen LogP contribution < -0.4 is 10.6 Å². The number of rotatable bonds is 13. The van der Waals surface area contributed by atoms with Crippen molar-refractivity contribution in [1.29, 1.82) is 0 Å². The van der Waals surface area contributed by atoms with E-state index in [1.54, 1.807) is 18.6 Å². The SMILES string of the molecule is CCC/C=C/C(=C\C(NC(=O)\C1=C(C)/C=N\C(c2ccncc2CCC)=C/C(CC)N=C1)=C(C)C)NC(=O)CN1C[C@H]2CCC1C2. The Labute approximate surface area is 275 Å². The summed E-state index contributed by atoms with van der Waals surface area (Å²) in [7, 11) is 0. The molecule has 8 heteroatoms. The standard InChI is InChI=1S/C38H52N6O2/c1-7-10-11-13-31(42-37(45)25-44-24-28-14-15-32(44)18-28)20-35(26(4)5)43-38(46)34-23-40-30(9-3)19-36(41-21-27(34)6)33-16-17-39-22-29(33)12-8-2/h11,13,16-17,19-23,28,30,32H,7-10,12,14-15,18,24-25H2,1-6H3,(H,42,45)(H,43,46)/b13-11+,31-20+,34-27-,36-19-,40-23?,41-21-/t28-,30?,32?/m0/s1. The molecule has 3 heterocycles. The highest BCUT2D eigenvalue weighted by Crippen LogP contribution is 2.37. The summed E-state index contributed by atoms with van der Waals surface area (Å²) < 4.78 is 0. The summed E-state index contributed by atoms with van der Waals surface area (Å²) >= 11 is 0. The lowest BCUT2D eigenvalue weighted by Crippen LogP contribution is -2.40. The molecule has 0 radical (unpaired) electrons. The molecule has 46 heavy (non-hydrogen) atoms. The summed E-state index contributed by atoms with van der Waals surface area (Å²) in [5.41, 5.74) is 6.41. The highest BCUT2D eigenvalue weighted by molar-refractivity contribution is 6.17. The molecule has 0 spiro atoms. The number of nitrogens with zero attached hydrogens (tertiary/aromatic N) is 4. The van der Waals surface area contributed by atoms with Crippen LogP contribution in [-0.2, 0) is 16.0 Å². The molecule has 1 saturated heterocycles. The van der Waals surface area contributed by atoms with Crippen LogP contribution in [0, 0.1) is 5.92 Å². The minimum absolute atomic E-state index is 0.0252. The second-order valence-corrected chi connectivity index (χ2v) is 12.9. The number of likely N-dealkylation sites (tertiary alicyclic amines) is 1. The Morgan fingerprint density at radius 3 is 2.59 bits per heavy atom. The first-order valence-corrected chi connectivity index (χ1v) is 17.1. The van der Waals surface area contributed by atoms with E-state index in [0.717, 1.165) is 67.0 Å². The average molecular weight is 625 g/mol.